The zero-order valence-electron chi connectivity index (χ0n) is 10.8. The molecule has 1 N–H and O–H groups in total. The molecule has 0 bridgehead atoms. The van der Waals surface area contributed by atoms with Crippen LogP contribution >= 0.6 is 0 Å². The molecule has 0 aromatic carbocycles. The summed E-state index contributed by atoms with van der Waals surface area (Å²) in [6.45, 7) is 1.65. The van der Waals surface area contributed by atoms with E-state index in [0.717, 1.165) is 4.68 Å². The molecule has 0 fully saturated rings. The number of hydrogen-bond donors (Lipinski definition) is 1. The predicted molar refractivity (Wildman–Crippen MR) is 63.0 cm³/mol. The van der Waals surface area contributed by atoms with Gasteiger partial charge in [-0.15, -0.1) is 0 Å². The van der Waals surface area contributed by atoms with Gasteiger partial charge in [0.2, 0.25) is 0 Å². The van der Waals surface area contributed by atoms with E-state index in [2.05, 4.69) is 10.4 Å². The van der Waals surface area contributed by atoms with Crippen LogP contribution in [0.4, 0.5) is 19.0 Å². The van der Waals surface area contributed by atoms with Crippen molar-refractivity contribution in [1.29, 1.82) is 0 Å². The molecule has 0 radical (unpaired) electrons. The van der Waals surface area contributed by atoms with Gasteiger partial charge >= 0.3 is 6.18 Å². The van der Waals surface area contributed by atoms with Gasteiger partial charge in [-0.1, -0.05) is 0 Å². The summed E-state index contributed by atoms with van der Waals surface area (Å²) >= 11 is 0. The Hall–Kier alpha value is -1.73. The lowest BCUT2D eigenvalue weighted by molar-refractivity contribution is -0.173. The standard InChI is InChI=1S/C11H15F3N4O/c1-6-4-8(11(12,13)14)18-9(16-6)7(5-15-18)10(19)17(2)3/h5-6,8,16H,4H2,1-3H3. The van der Waals surface area contributed by atoms with Crippen molar-refractivity contribution in [2.45, 2.75) is 31.6 Å². The molecule has 2 rings (SSSR count). The summed E-state index contributed by atoms with van der Waals surface area (Å²) in [6.07, 6.45) is -3.30. The first-order valence-corrected chi connectivity index (χ1v) is 5.84. The molecule has 0 saturated carbocycles. The molecule has 8 heteroatoms. The van der Waals surface area contributed by atoms with Crippen molar-refractivity contribution in [2.75, 3.05) is 19.4 Å². The van der Waals surface area contributed by atoms with Crippen LogP contribution in [0.5, 0.6) is 0 Å². The number of nitrogens with zero attached hydrogens (tertiary/aromatic N) is 3. The van der Waals surface area contributed by atoms with Gasteiger partial charge in [0, 0.05) is 20.1 Å². The van der Waals surface area contributed by atoms with E-state index in [1.165, 1.54) is 11.1 Å². The fraction of sp³-hybridized carbons (Fsp3) is 0.636. The minimum Gasteiger partial charge on any atom is -0.367 e. The van der Waals surface area contributed by atoms with E-state index in [0.29, 0.717) is 0 Å². The van der Waals surface area contributed by atoms with Crippen LogP contribution in [0.2, 0.25) is 0 Å². The van der Waals surface area contributed by atoms with Crippen molar-refractivity contribution >= 4 is 11.7 Å². The number of rotatable bonds is 1. The van der Waals surface area contributed by atoms with Gasteiger partial charge in [-0.05, 0) is 13.3 Å². The Kier molecular flexibility index (Phi) is 3.19. The van der Waals surface area contributed by atoms with Crippen molar-refractivity contribution in [3.63, 3.8) is 0 Å². The van der Waals surface area contributed by atoms with Gasteiger partial charge in [0.05, 0.1) is 6.20 Å². The zero-order valence-corrected chi connectivity index (χ0v) is 10.8. The average Bonchev–Trinajstić information content (AvgIpc) is 2.68. The predicted octanol–water partition coefficient (Wildman–Crippen LogP) is 1.89. The lowest BCUT2D eigenvalue weighted by Crippen LogP contribution is -2.38. The number of fused-ring (bicyclic) bond motifs is 1. The maximum absolute atomic E-state index is 13.0. The van der Waals surface area contributed by atoms with Crippen molar-refractivity contribution in [1.82, 2.24) is 14.7 Å². The fourth-order valence-electron chi connectivity index (χ4n) is 2.14. The maximum Gasteiger partial charge on any atom is 0.410 e. The van der Waals surface area contributed by atoms with Gasteiger partial charge in [-0.3, -0.25) is 4.79 Å². The van der Waals surface area contributed by atoms with E-state index in [9.17, 15) is 18.0 Å². The van der Waals surface area contributed by atoms with Crippen LogP contribution in [0.3, 0.4) is 0 Å². The molecule has 1 aromatic heterocycles. The molecule has 0 aliphatic carbocycles. The number of carbonyl (C=O) groups is 1. The second-order valence-electron chi connectivity index (χ2n) is 4.89. The van der Waals surface area contributed by atoms with Crippen molar-refractivity contribution in [3.05, 3.63) is 11.8 Å². The highest BCUT2D eigenvalue weighted by molar-refractivity contribution is 5.98. The Morgan fingerprint density at radius 3 is 2.68 bits per heavy atom. The Morgan fingerprint density at radius 1 is 1.53 bits per heavy atom. The zero-order chi connectivity index (χ0) is 14.4. The second kappa shape index (κ2) is 4.43. The molecule has 5 nitrogen and oxygen atoms in total. The highest BCUT2D eigenvalue weighted by Crippen LogP contribution is 2.40. The van der Waals surface area contributed by atoms with E-state index >= 15 is 0 Å². The minimum atomic E-state index is -4.38. The largest absolute Gasteiger partial charge is 0.410 e. The van der Waals surface area contributed by atoms with Crippen LogP contribution in [-0.4, -0.2) is 46.9 Å². The van der Waals surface area contributed by atoms with E-state index in [4.69, 9.17) is 0 Å². The lowest BCUT2D eigenvalue weighted by Gasteiger charge is -2.32. The number of alkyl halides is 3. The highest BCUT2D eigenvalue weighted by atomic mass is 19.4. The van der Waals surface area contributed by atoms with Crippen LogP contribution in [0, 0.1) is 0 Å². The molecule has 106 valence electrons. The summed E-state index contributed by atoms with van der Waals surface area (Å²) in [5.41, 5.74) is 0.158. The highest BCUT2D eigenvalue weighted by Gasteiger charge is 2.46. The van der Waals surface area contributed by atoms with Gasteiger partial charge in [-0.2, -0.15) is 18.3 Å². The number of carbonyl (C=O) groups excluding carboxylic acids is 1. The molecule has 2 atom stereocenters. The number of nitrogens with one attached hydrogen (secondary N) is 1. The first kappa shape index (κ1) is 13.7. The molecule has 0 spiro atoms. The number of aromatic nitrogens is 2. The number of amides is 1. The second-order valence-corrected chi connectivity index (χ2v) is 4.89. The molecule has 1 amide bonds. The van der Waals surface area contributed by atoms with E-state index < -0.39 is 12.2 Å². The SMILES string of the molecule is CC1CC(C(F)(F)F)n2ncc(C(=O)N(C)C)c2N1. The van der Waals surface area contributed by atoms with Crippen molar-refractivity contribution in [3.8, 4) is 0 Å². The third kappa shape index (κ3) is 2.39. The maximum atomic E-state index is 13.0. The summed E-state index contributed by atoms with van der Waals surface area (Å²) in [6, 6.07) is -2.06. The van der Waals surface area contributed by atoms with Crippen LogP contribution in [0.1, 0.15) is 29.7 Å². The molecular formula is C11H15F3N4O. The lowest BCUT2D eigenvalue weighted by atomic mass is 10.1. The Bertz CT molecular complexity index is 495. The first-order chi connectivity index (χ1) is 8.71. The first-order valence-electron chi connectivity index (χ1n) is 5.84. The average molecular weight is 276 g/mol. The normalized spacial score (nSPS) is 22.6. The number of hydrogen-bond acceptors (Lipinski definition) is 3. The quantitative estimate of drug-likeness (QED) is 0.852. The smallest absolute Gasteiger partial charge is 0.367 e. The minimum absolute atomic E-state index is 0.103. The molecule has 1 aromatic rings. The molecule has 0 saturated heterocycles. The van der Waals surface area contributed by atoms with Gasteiger partial charge < -0.3 is 10.2 Å². The molecule has 2 unspecified atom stereocenters. The number of anilines is 1. The topological polar surface area (TPSA) is 50.2 Å². The van der Waals surface area contributed by atoms with Crippen LogP contribution in [-0.2, 0) is 0 Å². The number of halogens is 3. The molecule has 1 aliphatic heterocycles. The van der Waals surface area contributed by atoms with Crippen molar-refractivity contribution < 1.29 is 18.0 Å². The monoisotopic (exact) mass is 276 g/mol. The summed E-state index contributed by atoms with van der Waals surface area (Å²) in [4.78, 5) is 13.2. The Morgan fingerprint density at radius 2 is 2.16 bits per heavy atom. The fourth-order valence-corrected chi connectivity index (χ4v) is 2.14. The van der Waals surface area contributed by atoms with Gasteiger partial charge in [0.1, 0.15) is 11.4 Å². The van der Waals surface area contributed by atoms with Gasteiger partial charge in [-0.25, -0.2) is 4.68 Å². The Labute approximate surface area is 108 Å². The van der Waals surface area contributed by atoms with Gasteiger partial charge in [0.15, 0.2) is 6.04 Å². The summed E-state index contributed by atoms with van der Waals surface area (Å²) < 4.78 is 39.8. The molecule has 1 aliphatic rings. The molecule has 2 heterocycles. The van der Waals surface area contributed by atoms with E-state index in [-0.39, 0.29) is 29.8 Å². The third-order valence-electron chi connectivity index (χ3n) is 3.07. The summed E-state index contributed by atoms with van der Waals surface area (Å²) in [5, 5.41) is 6.63. The van der Waals surface area contributed by atoms with Crippen LogP contribution in [0.15, 0.2) is 6.20 Å². The van der Waals surface area contributed by atoms with Crippen molar-refractivity contribution in [2.24, 2.45) is 0 Å². The Balaban J connectivity index is 2.46. The van der Waals surface area contributed by atoms with Crippen LogP contribution in [0.25, 0.3) is 0 Å². The summed E-state index contributed by atoms with van der Waals surface area (Å²) in [7, 11) is 3.08. The van der Waals surface area contributed by atoms with Gasteiger partial charge in [0.25, 0.3) is 5.91 Å². The van der Waals surface area contributed by atoms with E-state index in [1.54, 1.807) is 21.0 Å². The van der Waals surface area contributed by atoms with E-state index in [1.807, 2.05) is 0 Å². The summed E-state index contributed by atoms with van der Waals surface area (Å²) in [5.74, 6) is -0.233. The molecule has 19 heavy (non-hydrogen) atoms. The molecular weight excluding hydrogens is 261 g/mol. The third-order valence-corrected chi connectivity index (χ3v) is 3.07. The van der Waals surface area contributed by atoms with Crippen LogP contribution < -0.4 is 5.32 Å².